The van der Waals surface area contributed by atoms with Crippen LogP contribution in [-0.2, 0) is 0 Å². The Kier molecular flexibility index (Phi) is 7.57. The van der Waals surface area contributed by atoms with Crippen molar-refractivity contribution in [2.75, 3.05) is 0 Å². The number of hydrogen-bond acceptors (Lipinski definition) is 0. The lowest BCUT2D eigenvalue weighted by Gasteiger charge is -2.29. The first-order valence-electron chi connectivity index (χ1n) is 12.4. The maximum atomic E-state index is 15.0. The van der Waals surface area contributed by atoms with Crippen LogP contribution in [0.4, 0.5) is 13.2 Å². The highest BCUT2D eigenvalue weighted by Crippen LogP contribution is 2.39. The van der Waals surface area contributed by atoms with E-state index in [-0.39, 0.29) is 16.5 Å². The molecule has 0 radical (unpaired) electrons. The fourth-order valence-corrected chi connectivity index (χ4v) is 5.32. The maximum absolute atomic E-state index is 15.0. The lowest BCUT2D eigenvalue weighted by Crippen LogP contribution is -2.13. The van der Waals surface area contributed by atoms with Gasteiger partial charge in [0.15, 0.2) is 11.6 Å². The van der Waals surface area contributed by atoms with E-state index in [0.29, 0.717) is 16.9 Å². The standard InChI is InChI=1S/C30H33F3/c1-3-5-6-8-20-9-11-21(12-10-20)22-13-15-23(16-14-22)26-19-25-18-17-24(7-4-2)28(31)27(25)30(33)29(26)32/h4,7,13-21H,3,5-6,8-12H2,1-2H3/b7-4+. The van der Waals surface area contributed by atoms with Crippen LogP contribution in [0.2, 0.25) is 0 Å². The number of benzene rings is 3. The number of hydrogen-bond donors (Lipinski definition) is 0. The van der Waals surface area contributed by atoms with Crippen molar-refractivity contribution in [2.45, 2.75) is 71.1 Å². The van der Waals surface area contributed by atoms with Gasteiger partial charge >= 0.3 is 0 Å². The first-order chi connectivity index (χ1) is 16.0. The van der Waals surface area contributed by atoms with Crippen molar-refractivity contribution in [1.29, 1.82) is 0 Å². The molecule has 0 amide bonds. The van der Waals surface area contributed by atoms with Crippen molar-refractivity contribution in [2.24, 2.45) is 5.92 Å². The SMILES string of the molecule is C/C=C/c1ccc2cc(-c3ccc(C4CCC(CCCCC)CC4)cc3)c(F)c(F)c2c1F. The minimum atomic E-state index is -1.13. The monoisotopic (exact) mass is 450 g/mol. The molecule has 0 aliphatic heterocycles. The Bertz CT molecular complexity index is 1120. The molecule has 0 spiro atoms. The normalized spacial score (nSPS) is 18.9. The smallest absolute Gasteiger partial charge is 0.170 e. The van der Waals surface area contributed by atoms with Crippen molar-refractivity contribution >= 4 is 16.8 Å². The number of allylic oxidation sites excluding steroid dienone is 1. The highest BCUT2D eigenvalue weighted by atomic mass is 19.2. The van der Waals surface area contributed by atoms with Crippen LogP contribution >= 0.6 is 0 Å². The summed E-state index contributed by atoms with van der Waals surface area (Å²) in [6.07, 6.45) is 13.5. The summed E-state index contributed by atoms with van der Waals surface area (Å²) in [5.41, 5.74) is 2.31. The number of rotatable bonds is 7. The summed E-state index contributed by atoms with van der Waals surface area (Å²) < 4.78 is 44.6. The Morgan fingerprint density at radius 2 is 1.58 bits per heavy atom. The molecule has 1 aliphatic carbocycles. The van der Waals surface area contributed by atoms with E-state index < -0.39 is 17.5 Å². The molecule has 1 saturated carbocycles. The second-order valence-electron chi connectivity index (χ2n) is 9.45. The van der Waals surface area contributed by atoms with Gasteiger partial charge in [0, 0.05) is 11.1 Å². The van der Waals surface area contributed by atoms with Gasteiger partial charge in [-0.15, -0.1) is 0 Å². The summed E-state index contributed by atoms with van der Waals surface area (Å²) in [4.78, 5) is 0. The molecule has 1 fully saturated rings. The molecule has 3 heteroatoms. The molecule has 33 heavy (non-hydrogen) atoms. The van der Waals surface area contributed by atoms with Crippen LogP contribution in [0, 0.1) is 23.4 Å². The van der Waals surface area contributed by atoms with Crippen molar-refractivity contribution in [3.8, 4) is 11.1 Å². The minimum absolute atomic E-state index is 0.171. The minimum Gasteiger partial charge on any atom is -0.206 e. The molecule has 0 unspecified atom stereocenters. The summed E-state index contributed by atoms with van der Waals surface area (Å²) in [6.45, 7) is 4.00. The largest absolute Gasteiger partial charge is 0.206 e. The molecular formula is C30H33F3. The predicted octanol–water partition coefficient (Wildman–Crippen LogP) is 9.81. The van der Waals surface area contributed by atoms with Crippen LogP contribution in [0.25, 0.3) is 28.0 Å². The maximum Gasteiger partial charge on any atom is 0.170 e. The summed E-state index contributed by atoms with van der Waals surface area (Å²) in [7, 11) is 0. The van der Waals surface area contributed by atoms with Gasteiger partial charge in [-0.05, 0) is 67.0 Å². The molecular weight excluding hydrogens is 417 g/mol. The van der Waals surface area contributed by atoms with Crippen molar-refractivity contribution in [3.05, 3.63) is 77.1 Å². The highest BCUT2D eigenvalue weighted by Gasteiger charge is 2.23. The van der Waals surface area contributed by atoms with Crippen molar-refractivity contribution in [1.82, 2.24) is 0 Å². The van der Waals surface area contributed by atoms with Crippen LogP contribution < -0.4 is 0 Å². The third kappa shape index (κ3) is 5.03. The third-order valence-electron chi connectivity index (χ3n) is 7.25. The van der Waals surface area contributed by atoms with Gasteiger partial charge in [-0.1, -0.05) is 81.2 Å². The predicted molar refractivity (Wildman–Crippen MR) is 133 cm³/mol. The topological polar surface area (TPSA) is 0 Å². The zero-order valence-electron chi connectivity index (χ0n) is 19.6. The second-order valence-corrected chi connectivity index (χ2v) is 9.45. The molecule has 174 valence electrons. The molecule has 3 aromatic carbocycles. The molecule has 0 heterocycles. The Morgan fingerprint density at radius 1 is 0.848 bits per heavy atom. The molecule has 1 aliphatic rings. The summed E-state index contributed by atoms with van der Waals surface area (Å²) in [6, 6.07) is 12.6. The van der Waals surface area contributed by atoms with E-state index in [9.17, 15) is 13.2 Å². The molecule has 0 N–H and O–H groups in total. The molecule has 0 saturated heterocycles. The van der Waals surface area contributed by atoms with Crippen LogP contribution in [-0.4, -0.2) is 0 Å². The van der Waals surface area contributed by atoms with Crippen LogP contribution in [0.5, 0.6) is 0 Å². The van der Waals surface area contributed by atoms with E-state index in [1.807, 2.05) is 12.1 Å². The molecule has 3 aromatic rings. The summed E-state index contributed by atoms with van der Waals surface area (Å²) in [5.74, 6) is -1.46. The van der Waals surface area contributed by atoms with Gasteiger partial charge < -0.3 is 0 Å². The fraction of sp³-hybridized carbons (Fsp3) is 0.400. The highest BCUT2D eigenvalue weighted by molar-refractivity contribution is 5.90. The molecule has 0 bridgehead atoms. The average molecular weight is 451 g/mol. The Labute approximate surface area is 195 Å². The van der Waals surface area contributed by atoms with Crippen LogP contribution in [0.1, 0.15) is 82.3 Å². The molecule has 0 atom stereocenters. The average Bonchev–Trinajstić information content (AvgIpc) is 2.84. The lowest BCUT2D eigenvalue weighted by molar-refractivity contribution is 0.303. The van der Waals surface area contributed by atoms with Gasteiger partial charge in [0.05, 0.1) is 5.39 Å². The van der Waals surface area contributed by atoms with Gasteiger partial charge in [0.2, 0.25) is 0 Å². The zero-order chi connectivity index (χ0) is 23.4. The van der Waals surface area contributed by atoms with E-state index >= 15 is 0 Å². The second kappa shape index (κ2) is 10.6. The lowest BCUT2D eigenvalue weighted by atomic mass is 9.77. The van der Waals surface area contributed by atoms with Gasteiger partial charge in [-0.3, -0.25) is 0 Å². The third-order valence-corrected chi connectivity index (χ3v) is 7.25. The Morgan fingerprint density at radius 3 is 2.24 bits per heavy atom. The van der Waals surface area contributed by atoms with Crippen LogP contribution in [0.3, 0.4) is 0 Å². The molecule has 0 aromatic heterocycles. The van der Waals surface area contributed by atoms with Gasteiger partial charge in [-0.2, -0.15) is 0 Å². The quantitative estimate of drug-likeness (QED) is 0.314. The number of halogens is 3. The van der Waals surface area contributed by atoms with Gasteiger partial charge in [0.1, 0.15) is 5.82 Å². The van der Waals surface area contributed by atoms with E-state index in [0.717, 1.165) is 5.92 Å². The Hall–Kier alpha value is -2.55. The van der Waals surface area contributed by atoms with E-state index in [1.54, 1.807) is 37.3 Å². The van der Waals surface area contributed by atoms with E-state index in [2.05, 4.69) is 19.1 Å². The number of unbranched alkanes of at least 4 members (excludes halogenated alkanes) is 2. The zero-order valence-corrected chi connectivity index (χ0v) is 19.6. The van der Waals surface area contributed by atoms with E-state index in [4.69, 9.17) is 0 Å². The fourth-order valence-electron chi connectivity index (χ4n) is 5.32. The van der Waals surface area contributed by atoms with E-state index in [1.165, 1.54) is 56.9 Å². The number of fused-ring (bicyclic) bond motifs is 1. The summed E-state index contributed by atoms with van der Waals surface area (Å²) >= 11 is 0. The van der Waals surface area contributed by atoms with Gasteiger partial charge in [0.25, 0.3) is 0 Å². The van der Waals surface area contributed by atoms with Crippen molar-refractivity contribution < 1.29 is 13.2 Å². The molecule has 0 nitrogen and oxygen atoms in total. The van der Waals surface area contributed by atoms with Gasteiger partial charge in [-0.25, -0.2) is 13.2 Å². The van der Waals surface area contributed by atoms with Crippen molar-refractivity contribution in [3.63, 3.8) is 0 Å². The summed E-state index contributed by atoms with van der Waals surface area (Å²) in [5, 5.41) is 0.0688. The first-order valence-corrected chi connectivity index (χ1v) is 12.4. The molecule has 4 rings (SSSR count). The Balaban J connectivity index is 1.54. The first kappa shape index (κ1) is 23.6. The van der Waals surface area contributed by atoms with Crippen LogP contribution in [0.15, 0.2) is 48.5 Å².